The Morgan fingerprint density at radius 1 is 0.905 bits per heavy atom. The lowest BCUT2D eigenvalue weighted by molar-refractivity contribution is 0.0218. The maximum Gasteiger partial charge on any atom is 0.410 e. The molecule has 3 aliphatic heterocycles. The van der Waals surface area contributed by atoms with Crippen LogP contribution >= 0.6 is 0 Å². The number of carbonyl (C=O) groups is 1. The van der Waals surface area contributed by atoms with E-state index in [2.05, 4.69) is 25.3 Å². The monoisotopic (exact) mass is 586 g/mol. The van der Waals surface area contributed by atoms with Crippen LogP contribution in [0.3, 0.4) is 0 Å². The fourth-order valence-corrected chi connectivity index (χ4v) is 7.95. The maximum atomic E-state index is 13.8. The van der Waals surface area contributed by atoms with Gasteiger partial charge in [-0.3, -0.25) is 4.90 Å². The molecule has 42 heavy (non-hydrogen) atoms. The third-order valence-corrected chi connectivity index (χ3v) is 10.1. The molecule has 2 aromatic carbocycles. The number of carbonyl (C=O) groups excluding carboxylic acids is 1. The second-order valence-corrected chi connectivity index (χ2v) is 14.2. The van der Waals surface area contributed by atoms with E-state index in [0.717, 1.165) is 49.3 Å². The Balaban J connectivity index is 1.16. The van der Waals surface area contributed by atoms with Crippen molar-refractivity contribution in [2.75, 3.05) is 13.1 Å². The SMILES string of the molecule is CC(C)(C)OC(=O)N1CCC[C@H]1c1ncc(-c2ccc3c(c2)S(=O)(=O)c2cc(-c4cnc([C@@H]5CCCN5)[nH]4)ccc2-3)[nH]1. The van der Waals surface area contributed by atoms with Crippen LogP contribution in [0.4, 0.5) is 4.79 Å². The van der Waals surface area contributed by atoms with Crippen LogP contribution in [0.1, 0.15) is 70.2 Å². The molecule has 2 aromatic heterocycles. The quantitative estimate of drug-likeness (QED) is 0.243. The summed E-state index contributed by atoms with van der Waals surface area (Å²) in [4.78, 5) is 30.9. The van der Waals surface area contributed by atoms with Crippen LogP contribution < -0.4 is 5.32 Å². The number of H-pyrrole nitrogens is 2. The highest BCUT2D eigenvalue weighted by molar-refractivity contribution is 7.92. The van der Waals surface area contributed by atoms with Crippen molar-refractivity contribution < 1.29 is 17.9 Å². The molecule has 1 amide bonds. The van der Waals surface area contributed by atoms with Crippen LogP contribution in [0, 0.1) is 0 Å². The van der Waals surface area contributed by atoms with Gasteiger partial charge in [0, 0.05) is 28.8 Å². The van der Waals surface area contributed by atoms with Gasteiger partial charge in [0.2, 0.25) is 9.84 Å². The van der Waals surface area contributed by atoms with E-state index in [1.165, 1.54) is 0 Å². The Kier molecular flexibility index (Phi) is 6.28. The minimum absolute atomic E-state index is 0.205. The summed E-state index contributed by atoms with van der Waals surface area (Å²) < 4.78 is 33.2. The number of amides is 1. The lowest BCUT2D eigenvalue weighted by atomic mass is 10.0. The van der Waals surface area contributed by atoms with Gasteiger partial charge in [0.15, 0.2) is 0 Å². The van der Waals surface area contributed by atoms with Crippen LogP contribution in [0.5, 0.6) is 0 Å². The molecule has 2 fully saturated rings. The zero-order valence-corrected chi connectivity index (χ0v) is 24.7. The van der Waals surface area contributed by atoms with Crippen LogP contribution in [-0.2, 0) is 14.6 Å². The third kappa shape index (κ3) is 4.60. The van der Waals surface area contributed by atoms with Crippen LogP contribution in [0.25, 0.3) is 33.6 Å². The molecule has 0 aliphatic carbocycles. The number of nitrogens with zero attached hydrogens (tertiary/aromatic N) is 3. The number of aromatic nitrogens is 4. The van der Waals surface area contributed by atoms with E-state index in [1.807, 2.05) is 45.0 Å². The number of imidazole rings is 2. The van der Waals surface area contributed by atoms with E-state index >= 15 is 0 Å². The van der Waals surface area contributed by atoms with Crippen molar-refractivity contribution in [3.05, 3.63) is 60.4 Å². The van der Waals surface area contributed by atoms with Gasteiger partial charge in [0.25, 0.3) is 0 Å². The Morgan fingerprint density at radius 2 is 1.52 bits per heavy atom. The standard InChI is InChI=1S/C31H34N6O4S/c1-31(2,3)41-30(38)37-13-5-7-25(37)29-34-17-24(36-29)19-9-11-21-20-10-8-18(14-26(20)42(39,40)27(21)15-19)23-16-33-28(35-23)22-6-4-12-32-22/h8-11,14-17,22,25,32H,4-7,12-13H2,1-3H3,(H,33,35)(H,34,36)/t22-,25-/m0/s1. The Labute approximate surface area is 244 Å². The molecule has 0 bridgehead atoms. The zero-order chi connectivity index (χ0) is 29.2. The number of hydrogen-bond acceptors (Lipinski definition) is 7. The minimum Gasteiger partial charge on any atom is -0.444 e. The number of ether oxygens (including phenoxy) is 1. The van der Waals surface area contributed by atoms with Crippen molar-refractivity contribution in [3.63, 3.8) is 0 Å². The first-order valence-electron chi connectivity index (χ1n) is 14.5. The molecule has 0 saturated carbocycles. The predicted octanol–water partition coefficient (Wildman–Crippen LogP) is 5.78. The van der Waals surface area contributed by atoms with E-state index in [1.54, 1.807) is 29.4 Å². The van der Waals surface area contributed by atoms with E-state index in [-0.39, 0.29) is 23.1 Å². The molecule has 0 unspecified atom stereocenters. The second kappa shape index (κ2) is 9.81. The predicted molar refractivity (Wildman–Crippen MR) is 157 cm³/mol. The van der Waals surface area contributed by atoms with Crippen molar-refractivity contribution in [2.24, 2.45) is 0 Å². The normalized spacial score (nSPS) is 21.0. The number of benzene rings is 2. The van der Waals surface area contributed by atoms with Crippen molar-refractivity contribution in [2.45, 2.75) is 73.9 Å². The molecule has 3 N–H and O–H groups in total. The Morgan fingerprint density at radius 3 is 2.12 bits per heavy atom. The molecular weight excluding hydrogens is 552 g/mol. The summed E-state index contributed by atoms with van der Waals surface area (Å²) in [6.07, 6.45) is 6.89. The van der Waals surface area contributed by atoms with Gasteiger partial charge in [0.05, 0.1) is 45.7 Å². The summed E-state index contributed by atoms with van der Waals surface area (Å²) in [6.45, 7) is 7.13. The van der Waals surface area contributed by atoms with Gasteiger partial charge in [-0.15, -0.1) is 0 Å². The van der Waals surface area contributed by atoms with Crippen LogP contribution in [-0.4, -0.2) is 58.0 Å². The Bertz CT molecular complexity index is 1800. The topological polar surface area (TPSA) is 133 Å². The molecule has 2 saturated heterocycles. The number of nitrogens with one attached hydrogen (secondary N) is 3. The molecule has 218 valence electrons. The lowest BCUT2D eigenvalue weighted by Gasteiger charge is -2.27. The summed E-state index contributed by atoms with van der Waals surface area (Å²) in [5, 5.41) is 3.44. The first-order chi connectivity index (χ1) is 20.1. The second-order valence-electron chi connectivity index (χ2n) is 12.3. The number of likely N-dealkylation sites (tertiary alicyclic amines) is 1. The first-order valence-corrected chi connectivity index (χ1v) is 15.9. The lowest BCUT2D eigenvalue weighted by Crippen LogP contribution is -2.36. The summed E-state index contributed by atoms with van der Waals surface area (Å²) >= 11 is 0. The minimum atomic E-state index is -3.73. The van der Waals surface area contributed by atoms with Gasteiger partial charge in [-0.05, 0) is 65.1 Å². The fraction of sp³-hybridized carbons (Fsp3) is 0.387. The third-order valence-electron chi connectivity index (χ3n) is 8.23. The highest BCUT2D eigenvalue weighted by Crippen LogP contribution is 2.46. The van der Waals surface area contributed by atoms with Crippen LogP contribution in [0.2, 0.25) is 0 Å². The van der Waals surface area contributed by atoms with Gasteiger partial charge in [-0.1, -0.05) is 24.3 Å². The van der Waals surface area contributed by atoms with E-state index in [0.29, 0.717) is 39.6 Å². The van der Waals surface area contributed by atoms with Crippen LogP contribution in [0.15, 0.2) is 58.6 Å². The van der Waals surface area contributed by atoms with E-state index in [4.69, 9.17) is 4.74 Å². The van der Waals surface area contributed by atoms with Crippen molar-refractivity contribution >= 4 is 15.9 Å². The zero-order valence-electron chi connectivity index (χ0n) is 23.9. The molecule has 3 aliphatic rings. The molecule has 2 atom stereocenters. The molecule has 11 heteroatoms. The summed E-state index contributed by atoms with van der Waals surface area (Å²) in [5.74, 6) is 1.54. The molecule has 0 radical (unpaired) electrons. The number of aromatic amines is 2. The maximum absolute atomic E-state index is 13.8. The summed E-state index contributed by atoms with van der Waals surface area (Å²) in [6, 6.07) is 11.0. The first kappa shape index (κ1) is 26.9. The Hall–Kier alpha value is -3.96. The number of sulfone groups is 1. The number of rotatable bonds is 4. The number of fused-ring (bicyclic) bond motifs is 3. The van der Waals surface area contributed by atoms with Gasteiger partial charge in [-0.25, -0.2) is 23.2 Å². The van der Waals surface area contributed by atoms with Crippen molar-refractivity contribution in [1.82, 2.24) is 30.2 Å². The molecular formula is C31H34N6O4S. The highest BCUT2D eigenvalue weighted by atomic mass is 32.2. The van der Waals surface area contributed by atoms with E-state index < -0.39 is 15.4 Å². The number of hydrogen-bond donors (Lipinski definition) is 3. The molecule has 7 rings (SSSR count). The smallest absolute Gasteiger partial charge is 0.410 e. The van der Waals surface area contributed by atoms with E-state index in [9.17, 15) is 13.2 Å². The average Bonchev–Trinajstić information content (AvgIpc) is 3.78. The fourth-order valence-electron chi connectivity index (χ4n) is 6.21. The summed E-state index contributed by atoms with van der Waals surface area (Å²) in [5.41, 5.74) is 3.79. The summed E-state index contributed by atoms with van der Waals surface area (Å²) in [7, 11) is -3.73. The molecule has 0 spiro atoms. The highest BCUT2D eigenvalue weighted by Gasteiger charge is 2.36. The van der Waals surface area contributed by atoms with Gasteiger partial charge >= 0.3 is 6.09 Å². The van der Waals surface area contributed by atoms with Crippen molar-refractivity contribution in [3.8, 4) is 33.6 Å². The van der Waals surface area contributed by atoms with Crippen molar-refractivity contribution in [1.29, 1.82) is 0 Å². The largest absolute Gasteiger partial charge is 0.444 e. The van der Waals surface area contributed by atoms with Gasteiger partial charge < -0.3 is 20.0 Å². The molecule has 5 heterocycles. The van der Waals surface area contributed by atoms with Gasteiger partial charge in [0.1, 0.15) is 17.2 Å². The van der Waals surface area contributed by atoms with Gasteiger partial charge in [-0.2, -0.15) is 0 Å². The molecule has 4 aromatic rings. The average molecular weight is 587 g/mol. The molecule has 10 nitrogen and oxygen atoms in total.